The third-order valence-corrected chi connectivity index (χ3v) is 1.19. The molecule has 0 saturated carbocycles. The van der Waals surface area contributed by atoms with Crippen LogP contribution < -0.4 is 5.32 Å². The van der Waals surface area contributed by atoms with Crippen LogP contribution in [0.25, 0.3) is 0 Å². The van der Waals surface area contributed by atoms with Crippen LogP contribution in [0.3, 0.4) is 0 Å². The summed E-state index contributed by atoms with van der Waals surface area (Å²) < 4.78 is 0. The fourth-order valence-electron chi connectivity index (χ4n) is 0.694. The molecule has 0 spiro atoms. The Hall–Kier alpha value is -1.29. The minimum absolute atomic E-state index is 0.0411. The highest BCUT2D eigenvalue weighted by Crippen LogP contribution is 1.89. The molecule has 0 amide bonds. The largest absolute Gasteiger partial charge is 0.313 e. The first-order chi connectivity index (χ1) is 5.34. The highest BCUT2D eigenvalue weighted by molar-refractivity contribution is 5.95. The van der Waals surface area contributed by atoms with Crippen molar-refractivity contribution in [3.8, 4) is 0 Å². The summed E-state index contributed by atoms with van der Waals surface area (Å²) in [6.45, 7) is 0.304. The molecule has 0 aliphatic carbocycles. The first-order valence-electron chi connectivity index (χ1n) is 3.28. The van der Waals surface area contributed by atoms with Gasteiger partial charge in [-0.3, -0.25) is 9.78 Å². The van der Waals surface area contributed by atoms with Gasteiger partial charge in [0.25, 0.3) is 0 Å². The molecule has 1 N–H and O–H groups in total. The molecule has 4 nitrogen and oxygen atoms in total. The maximum absolute atomic E-state index is 11.1. The van der Waals surface area contributed by atoms with Gasteiger partial charge >= 0.3 is 0 Å². The lowest BCUT2D eigenvalue weighted by atomic mass is 10.3. The van der Waals surface area contributed by atoms with E-state index in [4.69, 9.17) is 0 Å². The summed E-state index contributed by atoms with van der Waals surface area (Å²) in [7, 11) is 1.72. The minimum atomic E-state index is -0.0411. The Balaban J connectivity index is 2.69. The van der Waals surface area contributed by atoms with Gasteiger partial charge in [-0.2, -0.15) is 0 Å². The predicted molar refractivity (Wildman–Crippen MR) is 40.3 cm³/mol. The lowest BCUT2D eigenvalue weighted by Crippen LogP contribution is -2.19. The van der Waals surface area contributed by atoms with E-state index in [2.05, 4.69) is 15.3 Å². The van der Waals surface area contributed by atoms with Crippen molar-refractivity contribution in [1.29, 1.82) is 0 Å². The normalized spacial score (nSPS) is 9.55. The highest BCUT2D eigenvalue weighted by atomic mass is 16.1. The molecular formula is C7H9N3O. The van der Waals surface area contributed by atoms with Crippen molar-refractivity contribution in [3.05, 3.63) is 24.3 Å². The SMILES string of the molecule is CNCC(=O)c1cnccn1. The fourth-order valence-corrected chi connectivity index (χ4v) is 0.694. The maximum atomic E-state index is 11.1. The van der Waals surface area contributed by atoms with Gasteiger partial charge < -0.3 is 5.32 Å². The number of hydrogen-bond donors (Lipinski definition) is 1. The Morgan fingerprint density at radius 1 is 1.64 bits per heavy atom. The molecule has 58 valence electrons. The van der Waals surface area contributed by atoms with Gasteiger partial charge in [-0.05, 0) is 7.05 Å². The third kappa shape index (κ3) is 2.09. The summed E-state index contributed by atoms with van der Waals surface area (Å²) in [5, 5.41) is 2.75. The Morgan fingerprint density at radius 2 is 2.45 bits per heavy atom. The van der Waals surface area contributed by atoms with E-state index in [1.807, 2.05) is 0 Å². The average Bonchev–Trinajstić information content (AvgIpc) is 2.07. The van der Waals surface area contributed by atoms with Gasteiger partial charge in [0.05, 0.1) is 12.7 Å². The van der Waals surface area contributed by atoms with E-state index in [0.29, 0.717) is 12.2 Å². The van der Waals surface area contributed by atoms with Gasteiger partial charge in [0, 0.05) is 12.4 Å². The minimum Gasteiger partial charge on any atom is -0.313 e. The van der Waals surface area contributed by atoms with Crippen LogP contribution in [0, 0.1) is 0 Å². The number of carbonyl (C=O) groups excluding carboxylic acids is 1. The van der Waals surface area contributed by atoms with Crippen LogP contribution in [-0.4, -0.2) is 29.3 Å². The molecule has 4 heteroatoms. The molecule has 0 aromatic carbocycles. The zero-order chi connectivity index (χ0) is 8.10. The van der Waals surface area contributed by atoms with E-state index in [1.165, 1.54) is 18.6 Å². The number of Topliss-reactive ketones (excluding diaryl/α,β-unsaturated/α-hetero) is 1. The van der Waals surface area contributed by atoms with Gasteiger partial charge in [-0.1, -0.05) is 0 Å². The van der Waals surface area contributed by atoms with Crippen molar-refractivity contribution in [1.82, 2.24) is 15.3 Å². The van der Waals surface area contributed by atoms with E-state index in [-0.39, 0.29) is 5.78 Å². The van der Waals surface area contributed by atoms with E-state index >= 15 is 0 Å². The van der Waals surface area contributed by atoms with Gasteiger partial charge in [0.15, 0.2) is 5.78 Å². The number of rotatable bonds is 3. The first kappa shape index (κ1) is 7.81. The Labute approximate surface area is 64.7 Å². The van der Waals surface area contributed by atoms with Crippen molar-refractivity contribution in [2.75, 3.05) is 13.6 Å². The van der Waals surface area contributed by atoms with Crippen LogP contribution in [0.15, 0.2) is 18.6 Å². The molecule has 1 aromatic heterocycles. The number of carbonyl (C=O) groups is 1. The fraction of sp³-hybridized carbons (Fsp3) is 0.286. The van der Waals surface area contributed by atoms with Crippen LogP contribution in [0.1, 0.15) is 10.5 Å². The van der Waals surface area contributed by atoms with Gasteiger partial charge in [-0.25, -0.2) is 4.98 Å². The second kappa shape index (κ2) is 3.78. The molecule has 11 heavy (non-hydrogen) atoms. The summed E-state index contributed by atoms with van der Waals surface area (Å²) in [6, 6.07) is 0. The predicted octanol–water partition coefficient (Wildman–Crippen LogP) is -0.121. The van der Waals surface area contributed by atoms with Crippen molar-refractivity contribution < 1.29 is 4.79 Å². The molecule has 0 atom stereocenters. The summed E-state index contributed by atoms with van der Waals surface area (Å²) in [4.78, 5) is 18.7. The highest BCUT2D eigenvalue weighted by Gasteiger charge is 2.03. The first-order valence-corrected chi connectivity index (χ1v) is 3.28. The van der Waals surface area contributed by atoms with Crippen molar-refractivity contribution in [2.24, 2.45) is 0 Å². The number of aromatic nitrogens is 2. The second-order valence-electron chi connectivity index (χ2n) is 2.04. The van der Waals surface area contributed by atoms with Crippen molar-refractivity contribution >= 4 is 5.78 Å². The molecule has 0 unspecified atom stereocenters. The number of likely N-dealkylation sites (N-methyl/N-ethyl adjacent to an activating group) is 1. The number of nitrogens with zero attached hydrogens (tertiary/aromatic N) is 2. The van der Waals surface area contributed by atoms with E-state index in [9.17, 15) is 4.79 Å². The second-order valence-corrected chi connectivity index (χ2v) is 2.04. The van der Waals surface area contributed by atoms with Gasteiger partial charge in [0.1, 0.15) is 5.69 Å². The summed E-state index contributed by atoms with van der Waals surface area (Å²) >= 11 is 0. The summed E-state index contributed by atoms with van der Waals surface area (Å²) in [5.41, 5.74) is 0.404. The summed E-state index contributed by atoms with van der Waals surface area (Å²) in [6.07, 6.45) is 4.50. The molecule has 0 radical (unpaired) electrons. The Morgan fingerprint density at radius 3 is 3.00 bits per heavy atom. The zero-order valence-corrected chi connectivity index (χ0v) is 6.24. The van der Waals surface area contributed by atoms with Crippen molar-refractivity contribution in [3.63, 3.8) is 0 Å². The lowest BCUT2D eigenvalue weighted by molar-refractivity contribution is 0.0988. The van der Waals surface area contributed by atoms with E-state index in [1.54, 1.807) is 7.05 Å². The maximum Gasteiger partial charge on any atom is 0.196 e. The molecule has 0 aliphatic rings. The number of ketones is 1. The van der Waals surface area contributed by atoms with Crippen LogP contribution >= 0.6 is 0 Å². The van der Waals surface area contributed by atoms with Crippen LogP contribution in [0.2, 0.25) is 0 Å². The summed E-state index contributed by atoms with van der Waals surface area (Å²) in [5.74, 6) is -0.0411. The van der Waals surface area contributed by atoms with Gasteiger partial charge in [0.2, 0.25) is 0 Å². The van der Waals surface area contributed by atoms with Crippen molar-refractivity contribution in [2.45, 2.75) is 0 Å². The average molecular weight is 151 g/mol. The number of hydrogen-bond acceptors (Lipinski definition) is 4. The quantitative estimate of drug-likeness (QED) is 0.612. The molecule has 0 bridgehead atoms. The van der Waals surface area contributed by atoms with Crippen LogP contribution in [0.4, 0.5) is 0 Å². The standard InChI is InChI=1S/C7H9N3O/c1-8-5-7(11)6-4-9-2-3-10-6/h2-4,8H,5H2,1H3. The zero-order valence-electron chi connectivity index (χ0n) is 6.24. The molecule has 1 aromatic rings. The molecular weight excluding hydrogens is 142 g/mol. The van der Waals surface area contributed by atoms with E-state index < -0.39 is 0 Å². The van der Waals surface area contributed by atoms with Gasteiger partial charge in [-0.15, -0.1) is 0 Å². The Kier molecular flexibility index (Phi) is 2.68. The molecule has 0 fully saturated rings. The number of nitrogens with one attached hydrogen (secondary N) is 1. The lowest BCUT2D eigenvalue weighted by Gasteiger charge is -1.95. The molecule has 1 heterocycles. The third-order valence-electron chi connectivity index (χ3n) is 1.19. The topological polar surface area (TPSA) is 54.9 Å². The monoisotopic (exact) mass is 151 g/mol. The smallest absolute Gasteiger partial charge is 0.196 e. The molecule has 0 aliphatic heterocycles. The molecule has 1 rings (SSSR count). The Bertz CT molecular complexity index is 235. The van der Waals surface area contributed by atoms with Crippen LogP contribution in [0.5, 0.6) is 0 Å². The molecule has 0 saturated heterocycles. The van der Waals surface area contributed by atoms with Crippen LogP contribution in [-0.2, 0) is 0 Å². The van der Waals surface area contributed by atoms with E-state index in [0.717, 1.165) is 0 Å².